The maximum atomic E-state index is 13.8. The number of rotatable bonds is 5. The first-order chi connectivity index (χ1) is 11.3. The van der Waals surface area contributed by atoms with Gasteiger partial charge in [-0.2, -0.15) is 4.31 Å². The number of benzene rings is 1. The molecule has 10 heteroatoms. The molecule has 6 nitrogen and oxygen atoms in total. The number of sulfonamides is 1. The number of carbonyl (C=O) groups is 1. The standard InChI is InChI=1S/C15H21F2N3O3S.ClH/c1-2-3-13(18)15(21)19-6-8-20(9-7-19)24(22,23)14-5-4-11(16)10-12(14)17;/h4-5,10,13H,2-3,6-9,18H2,1H3;1H. The lowest BCUT2D eigenvalue weighted by molar-refractivity contribution is -0.133. The quantitative estimate of drug-likeness (QED) is 0.812. The molecule has 2 rings (SSSR count). The van der Waals surface area contributed by atoms with Crippen LogP contribution in [0.25, 0.3) is 0 Å². The lowest BCUT2D eigenvalue weighted by atomic mass is 10.1. The summed E-state index contributed by atoms with van der Waals surface area (Å²) < 4.78 is 52.8. The number of halogens is 3. The fourth-order valence-electron chi connectivity index (χ4n) is 2.64. The first-order valence-electron chi connectivity index (χ1n) is 7.77. The van der Waals surface area contributed by atoms with Gasteiger partial charge in [-0.3, -0.25) is 4.79 Å². The highest BCUT2D eigenvalue weighted by Crippen LogP contribution is 2.21. The van der Waals surface area contributed by atoms with Gasteiger partial charge in [-0.1, -0.05) is 13.3 Å². The SMILES string of the molecule is CCCC(N)C(=O)N1CCN(S(=O)(=O)c2ccc(F)cc2F)CC1.Cl. The molecule has 1 saturated heterocycles. The topological polar surface area (TPSA) is 83.7 Å². The Kier molecular flexibility index (Phi) is 7.73. The molecule has 1 aromatic rings. The molecule has 1 atom stereocenters. The van der Waals surface area contributed by atoms with Gasteiger partial charge in [0.05, 0.1) is 6.04 Å². The molecule has 142 valence electrons. The minimum Gasteiger partial charge on any atom is -0.339 e. The molecule has 1 unspecified atom stereocenters. The first-order valence-corrected chi connectivity index (χ1v) is 9.21. The second kappa shape index (κ2) is 8.88. The van der Waals surface area contributed by atoms with E-state index in [0.29, 0.717) is 12.5 Å². The number of nitrogens with two attached hydrogens (primary N) is 1. The molecule has 1 aromatic carbocycles. The van der Waals surface area contributed by atoms with E-state index in [1.165, 1.54) is 4.90 Å². The lowest BCUT2D eigenvalue weighted by Crippen LogP contribution is -2.54. The Labute approximate surface area is 152 Å². The average molecular weight is 398 g/mol. The van der Waals surface area contributed by atoms with Gasteiger partial charge in [-0.05, 0) is 18.6 Å². The first kappa shape index (κ1) is 21.8. The van der Waals surface area contributed by atoms with Crippen LogP contribution in [0.15, 0.2) is 23.1 Å². The van der Waals surface area contributed by atoms with E-state index in [4.69, 9.17) is 5.73 Å². The predicted molar refractivity (Wildman–Crippen MR) is 91.8 cm³/mol. The largest absolute Gasteiger partial charge is 0.339 e. The normalized spacial score (nSPS) is 17.0. The Morgan fingerprint density at radius 1 is 1.24 bits per heavy atom. The van der Waals surface area contributed by atoms with E-state index in [9.17, 15) is 22.0 Å². The van der Waals surface area contributed by atoms with Crippen molar-refractivity contribution in [2.24, 2.45) is 5.73 Å². The van der Waals surface area contributed by atoms with Crippen LogP contribution in [0.3, 0.4) is 0 Å². The van der Waals surface area contributed by atoms with Gasteiger partial charge in [0.2, 0.25) is 15.9 Å². The molecular formula is C15H22ClF2N3O3S. The molecule has 25 heavy (non-hydrogen) atoms. The number of amides is 1. The van der Waals surface area contributed by atoms with Crippen LogP contribution in [0.2, 0.25) is 0 Å². The lowest BCUT2D eigenvalue weighted by Gasteiger charge is -2.35. The summed E-state index contributed by atoms with van der Waals surface area (Å²) in [5.74, 6) is -2.17. The van der Waals surface area contributed by atoms with Crippen LogP contribution in [0.1, 0.15) is 19.8 Å². The van der Waals surface area contributed by atoms with Gasteiger partial charge in [0, 0.05) is 32.2 Å². The fourth-order valence-corrected chi connectivity index (χ4v) is 4.11. The number of carbonyl (C=O) groups excluding carboxylic acids is 1. The Morgan fingerprint density at radius 2 is 1.84 bits per heavy atom. The Balaban J connectivity index is 0.00000312. The third kappa shape index (κ3) is 4.87. The molecule has 0 spiro atoms. The highest BCUT2D eigenvalue weighted by Gasteiger charge is 2.33. The van der Waals surface area contributed by atoms with E-state index in [1.54, 1.807) is 0 Å². The number of hydrogen-bond donors (Lipinski definition) is 1. The molecule has 0 aromatic heterocycles. The molecule has 0 saturated carbocycles. The summed E-state index contributed by atoms with van der Waals surface area (Å²) in [6, 6.07) is 1.76. The van der Waals surface area contributed by atoms with Gasteiger partial charge in [-0.25, -0.2) is 17.2 Å². The van der Waals surface area contributed by atoms with Gasteiger partial charge >= 0.3 is 0 Å². The van der Waals surface area contributed by atoms with E-state index < -0.39 is 32.6 Å². The van der Waals surface area contributed by atoms with Crippen LogP contribution < -0.4 is 5.73 Å². The third-order valence-corrected chi connectivity index (χ3v) is 5.91. The van der Waals surface area contributed by atoms with E-state index in [2.05, 4.69) is 0 Å². The molecule has 1 fully saturated rings. The Hall–Kier alpha value is -1.29. The number of hydrogen-bond acceptors (Lipinski definition) is 4. The summed E-state index contributed by atoms with van der Waals surface area (Å²) in [5, 5.41) is 0. The fraction of sp³-hybridized carbons (Fsp3) is 0.533. The van der Waals surface area contributed by atoms with Crippen molar-refractivity contribution in [1.82, 2.24) is 9.21 Å². The molecule has 1 heterocycles. The highest BCUT2D eigenvalue weighted by atomic mass is 35.5. The van der Waals surface area contributed by atoms with Crippen molar-refractivity contribution in [3.8, 4) is 0 Å². The summed E-state index contributed by atoms with van der Waals surface area (Å²) in [6.07, 6.45) is 1.35. The van der Waals surface area contributed by atoms with E-state index in [1.807, 2.05) is 6.92 Å². The summed E-state index contributed by atoms with van der Waals surface area (Å²) >= 11 is 0. The summed E-state index contributed by atoms with van der Waals surface area (Å²) in [7, 11) is -4.07. The molecule has 0 radical (unpaired) electrons. The van der Waals surface area contributed by atoms with Crippen molar-refractivity contribution in [3.63, 3.8) is 0 Å². The van der Waals surface area contributed by atoms with Gasteiger partial charge < -0.3 is 10.6 Å². The van der Waals surface area contributed by atoms with Crippen LogP contribution in [0, 0.1) is 11.6 Å². The van der Waals surface area contributed by atoms with Crippen molar-refractivity contribution in [1.29, 1.82) is 0 Å². The molecule has 2 N–H and O–H groups in total. The summed E-state index contributed by atoms with van der Waals surface area (Å²) in [6.45, 7) is 2.40. The molecule has 0 bridgehead atoms. The van der Waals surface area contributed by atoms with Crippen LogP contribution in [-0.4, -0.2) is 55.8 Å². The Morgan fingerprint density at radius 3 is 2.36 bits per heavy atom. The minimum atomic E-state index is -4.07. The molecule has 1 aliphatic rings. The highest BCUT2D eigenvalue weighted by molar-refractivity contribution is 7.89. The zero-order chi connectivity index (χ0) is 17.9. The second-order valence-corrected chi connectivity index (χ2v) is 7.61. The van der Waals surface area contributed by atoms with Crippen LogP contribution in [-0.2, 0) is 14.8 Å². The number of piperazine rings is 1. The third-order valence-electron chi connectivity index (χ3n) is 3.98. The van der Waals surface area contributed by atoms with Gasteiger partial charge in [0.1, 0.15) is 16.5 Å². The van der Waals surface area contributed by atoms with Crippen LogP contribution >= 0.6 is 12.4 Å². The smallest absolute Gasteiger partial charge is 0.246 e. The van der Waals surface area contributed by atoms with E-state index in [0.717, 1.165) is 22.9 Å². The molecule has 1 amide bonds. The Bertz CT molecular complexity index is 710. The monoisotopic (exact) mass is 397 g/mol. The van der Waals surface area contributed by atoms with Crippen molar-refractivity contribution in [2.45, 2.75) is 30.7 Å². The van der Waals surface area contributed by atoms with Crippen LogP contribution in [0.4, 0.5) is 8.78 Å². The maximum Gasteiger partial charge on any atom is 0.246 e. The molecular weight excluding hydrogens is 376 g/mol. The summed E-state index contributed by atoms with van der Waals surface area (Å²) in [5.41, 5.74) is 5.80. The van der Waals surface area contributed by atoms with E-state index in [-0.39, 0.29) is 44.5 Å². The van der Waals surface area contributed by atoms with Crippen molar-refractivity contribution in [3.05, 3.63) is 29.8 Å². The summed E-state index contributed by atoms with van der Waals surface area (Å²) in [4.78, 5) is 13.1. The van der Waals surface area contributed by atoms with Crippen LogP contribution in [0.5, 0.6) is 0 Å². The average Bonchev–Trinajstić information content (AvgIpc) is 2.54. The van der Waals surface area contributed by atoms with Gasteiger partial charge in [0.25, 0.3) is 0 Å². The van der Waals surface area contributed by atoms with Crippen molar-refractivity contribution in [2.75, 3.05) is 26.2 Å². The van der Waals surface area contributed by atoms with E-state index >= 15 is 0 Å². The van der Waals surface area contributed by atoms with Gasteiger partial charge in [0.15, 0.2) is 0 Å². The zero-order valence-electron chi connectivity index (χ0n) is 13.8. The predicted octanol–water partition coefficient (Wildman–Crippen LogP) is 1.35. The second-order valence-electron chi connectivity index (χ2n) is 5.70. The van der Waals surface area contributed by atoms with Crippen molar-refractivity contribution >= 4 is 28.3 Å². The molecule has 1 aliphatic heterocycles. The number of nitrogens with zero attached hydrogens (tertiary/aromatic N) is 2. The zero-order valence-corrected chi connectivity index (χ0v) is 15.5. The maximum absolute atomic E-state index is 13.8. The minimum absolute atomic E-state index is 0. The molecule has 0 aliphatic carbocycles. The van der Waals surface area contributed by atoms with Gasteiger partial charge in [-0.15, -0.1) is 12.4 Å². The van der Waals surface area contributed by atoms with Crippen molar-refractivity contribution < 1.29 is 22.0 Å².